The number of hydrogen-bond donors (Lipinski definition) is 2. The Morgan fingerprint density at radius 3 is 2.25 bits per heavy atom. The van der Waals surface area contributed by atoms with E-state index in [1.165, 1.54) is 0 Å². The summed E-state index contributed by atoms with van der Waals surface area (Å²) >= 11 is 0. The molecule has 3 heteroatoms. The summed E-state index contributed by atoms with van der Waals surface area (Å²) in [6, 6.07) is 7.80. The first-order chi connectivity index (χ1) is 7.86. The molecule has 1 rings (SSSR count). The van der Waals surface area contributed by atoms with Gasteiger partial charge >= 0.3 is 0 Å². The lowest BCUT2D eigenvalue weighted by Gasteiger charge is -2.06. The third-order valence-corrected chi connectivity index (χ3v) is 2.40. The molecule has 90 valence electrons. The normalized spacial score (nSPS) is 10.4. The van der Waals surface area contributed by atoms with Crippen molar-refractivity contribution in [2.75, 3.05) is 19.8 Å². The zero-order valence-electron chi connectivity index (χ0n) is 9.56. The minimum Gasteiger partial charge on any atom is -0.494 e. The van der Waals surface area contributed by atoms with Gasteiger partial charge in [0.15, 0.2) is 0 Å². The number of unbranched alkanes of at least 4 members (excludes halogenated alkanes) is 2. The van der Waals surface area contributed by atoms with Gasteiger partial charge in [-0.15, -0.1) is 0 Å². The maximum absolute atomic E-state index is 8.76. The van der Waals surface area contributed by atoms with Crippen molar-refractivity contribution in [3.63, 3.8) is 0 Å². The van der Waals surface area contributed by atoms with Crippen LogP contribution in [0.3, 0.4) is 0 Å². The van der Waals surface area contributed by atoms with E-state index in [9.17, 15) is 0 Å². The quantitative estimate of drug-likeness (QED) is 0.662. The van der Waals surface area contributed by atoms with Crippen LogP contribution in [-0.4, -0.2) is 30.0 Å². The zero-order valence-corrected chi connectivity index (χ0v) is 9.56. The smallest absolute Gasteiger partial charge is 0.119 e. The van der Waals surface area contributed by atoms with Gasteiger partial charge in [0.05, 0.1) is 6.61 Å². The van der Waals surface area contributed by atoms with Gasteiger partial charge in [-0.3, -0.25) is 0 Å². The van der Waals surface area contributed by atoms with Gasteiger partial charge < -0.3 is 14.9 Å². The Morgan fingerprint density at radius 1 is 0.875 bits per heavy atom. The van der Waals surface area contributed by atoms with E-state index < -0.39 is 0 Å². The molecule has 0 bridgehead atoms. The molecule has 0 radical (unpaired) electrons. The Hall–Kier alpha value is -1.06. The van der Waals surface area contributed by atoms with Gasteiger partial charge in [0, 0.05) is 13.2 Å². The fourth-order valence-electron chi connectivity index (χ4n) is 1.46. The molecule has 0 aliphatic heterocycles. The molecule has 0 saturated carbocycles. The summed E-state index contributed by atoms with van der Waals surface area (Å²) < 4.78 is 5.54. The molecule has 0 aliphatic carbocycles. The molecule has 1 aromatic carbocycles. The Bertz CT molecular complexity index is 269. The van der Waals surface area contributed by atoms with Crippen molar-refractivity contribution >= 4 is 0 Å². The highest BCUT2D eigenvalue weighted by Crippen LogP contribution is 2.13. The predicted molar refractivity (Wildman–Crippen MR) is 63.7 cm³/mol. The molecule has 0 aromatic heterocycles. The van der Waals surface area contributed by atoms with Crippen LogP contribution in [0.4, 0.5) is 0 Å². The summed E-state index contributed by atoms with van der Waals surface area (Å²) in [5, 5.41) is 17.4. The molecule has 2 N–H and O–H groups in total. The van der Waals surface area contributed by atoms with E-state index in [0.717, 1.165) is 30.6 Å². The third kappa shape index (κ3) is 5.14. The maximum atomic E-state index is 8.76. The van der Waals surface area contributed by atoms with E-state index in [-0.39, 0.29) is 13.2 Å². The standard InChI is InChI=1S/C13H20O3/c14-9-2-1-3-11-16-13-6-4-12(5-7-13)8-10-15/h4-7,14-15H,1-3,8-11H2. The summed E-state index contributed by atoms with van der Waals surface area (Å²) in [5.74, 6) is 0.866. The van der Waals surface area contributed by atoms with E-state index in [4.69, 9.17) is 14.9 Å². The van der Waals surface area contributed by atoms with Crippen molar-refractivity contribution in [2.24, 2.45) is 0 Å². The summed E-state index contributed by atoms with van der Waals surface area (Å²) in [7, 11) is 0. The molecule has 0 saturated heterocycles. The molecule has 0 aliphatic rings. The van der Waals surface area contributed by atoms with Gasteiger partial charge in [-0.1, -0.05) is 12.1 Å². The van der Waals surface area contributed by atoms with Crippen molar-refractivity contribution < 1.29 is 14.9 Å². The minimum absolute atomic E-state index is 0.182. The summed E-state index contributed by atoms with van der Waals surface area (Å²) in [4.78, 5) is 0. The first kappa shape index (κ1) is 13.0. The lowest BCUT2D eigenvalue weighted by atomic mass is 10.1. The molecule has 0 atom stereocenters. The van der Waals surface area contributed by atoms with Crippen LogP contribution in [0.5, 0.6) is 5.75 Å². The van der Waals surface area contributed by atoms with Gasteiger partial charge in [0.1, 0.15) is 5.75 Å². The number of benzene rings is 1. The summed E-state index contributed by atoms with van der Waals surface area (Å²) in [6.45, 7) is 1.14. The largest absolute Gasteiger partial charge is 0.494 e. The van der Waals surface area contributed by atoms with E-state index in [0.29, 0.717) is 13.0 Å². The van der Waals surface area contributed by atoms with Gasteiger partial charge in [0.25, 0.3) is 0 Å². The number of aliphatic hydroxyl groups is 2. The van der Waals surface area contributed by atoms with Crippen molar-refractivity contribution in [2.45, 2.75) is 25.7 Å². The van der Waals surface area contributed by atoms with E-state index in [1.807, 2.05) is 24.3 Å². The van der Waals surface area contributed by atoms with E-state index in [2.05, 4.69) is 0 Å². The molecule has 0 amide bonds. The second-order valence-electron chi connectivity index (χ2n) is 3.75. The van der Waals surface area contributed by atoms with Crippen molar-refractivity contribution in [3.8, 4) is 5.75 Å². The van der Waals surface area contributed by atoms with Crippen LogP contribution in [0.25, 0.3) is 0 Å². The molecule has 0 unspecified atom stereocenters. The molecular formula is C13H20O3. The fourth-order valence-corrected chi connectivity index (χ4v) is 1.46. The second-order valence-corrected chi connectivity index (χ2v) is 3.75. The summed E-state index contributed by atoms with van der Waals surface area (Å²) in [6.07, 6.45) is 3.51. The number of ether oxygens (including phenoxy) is 1. The van der Waals surface area contributed by atoms with Gasteiger partial charge in [-0.25, -0.2) is 0 Å². The monoisotopic (exact) mass is 224 g/mol. The van der Waals surface area contributed by atoms with Gasteiger partial charge in [-0.05, 0) is 43.4 Å². The first-order valence-electron chi connectivity index (χ1n) is 5.80. The minimum atomic E-state index is 0.182. The van der Waals surface area contributed by atoms with E-state index >= 15 is 0 Å². The lowest BCUT2D eigenvalue weighted by molar-refractivity contribution is 0.266. The predicted octanol–water partition coefficient (Wildman–Crippen LogP) is 1.76. The van der Waals surface area contributed by atoms with Crippen LogP contribution in [0.15, 0.2) is 24.3 Å². The molecule has 0 spiro atoms. The summed E-state index contributed by atoms with van der Waals surface area (Å²) in [5.41, 5.74) is 1.12. The van der Waals surface area contributed by atoms with Crippen LogP contribution in [-0.2, 0) is 6.42 Å². The van der Waals surface area contributed by atoms with Gasteiger partial charge in [0.2, 0.25) is 0 Å². The number of rotatable bonds is 8. The highest BCUT2D eigenvalue weighted by atomic mass is 16.5. The van der Waals surface area contributed by atoms with Crippen molar-refractivity contribution in [3.05, 3.63) is 29.8 Å². The molecule has 16 heavy (non-hydrogen) atoms. The third-order valence-electron chi connectivity index (χ3n) is 2.40. The SMILES string of the molecule is OCCCCCOc1ccc(CCO)cc1. The maximum Gasteiger partial charge on any atom is 0.119 e. The zero-order chi connectivity index (χ0) is 11.6. The van der Waals surface area contributed by atoms with Crippen LogP contribution in [0.1, 0.15) is 24.8 Å². The van der Waals surface area contributed by atoms with Crippen LogP contribution in [0, 0.1) is 0 Å². The Kier molecular flexibility index (Phi) is 6.61. The Morgan fingerprint density at radius 2 is 1.62 bits per heavy atom. The molecule has 0 fully saturated rings. The molecule has 3 nitrogen and oxygen atoms in total. The Labute approximate surface area is 96.7 Å². The first-order valence-corrected chi connectivity index (χ1v) is 5.80. The fraction of sp³-hybridized carbons (Fsp3) is 0.538. The van der Waals surface area contributed by atoms with Gasteiger partial charge in [-0.2, -0.15) is 0 Å². The topological polar surface area (TPSA) is 49.7 Å². The van der Waals surface area contributed by atoms with Crippen molar-refractivity contribution in [1.82, 2.24) is 0 Å². The molecule has 0 heterocycles. The highest BCUT2D eigenvalue weighted by molar-refractivity contribution is 5.27. The lowest BCUT2D eigenvalue weighted by Crippen LogP contribution is -1.98. The second kappa shape index (κ2) is 8.13. The van der Waals surface area contributed by atoms with Crippen molar-refractivity contribution in [1.29, 1.82) is 0 Å². The van der Waals surface area contributed by atoms with E-state index in [1.54, 1.807) is 0 Å². The average molecular weight is 224 g/mol. The molecular weight excluding hydrogens is 204 g/mol. The number of aliphatic hydroxyl groups excluding tert-OH is 2. The van der Waals surface area contributed by atoms with Crippen LogP contribution in [0.2, 0.25) is 0 Å². The van der Waals surface area contributed by atoms with Crippen LogP contribution < -0.4 is 4.74 Å². The average Bonchev–Trinajstić information content (AvgIpc) is 2.31. The van der Waals surface area contributed by atoms with Crippen LogP contribution >= 0.6 is 0 Å². The number of hydrogen-bond acceptors (Lipinski definition) is 3. The molecule has 1 aromatic rings. The Balaban J connectivity index is 2.21. The highest BCUT2D eigenvalue weighted by Gasteiger charge is 1.95.